The zero-order valence-corrected chi connectivity index (χ0v) is 16.3. The highest BCUT2D eigenvalue weighted by Gasteiger charge is 2.36. The Labute approximate surface area is 164 Å². The Morgan fingerprint density at radius 1 is 1.29 bits per heavy atom. The summed E-state index contributed by atoms with van der Waals surface area (Å²) in [6, 6.07) is 6.66. The summed E-state index contributed by atoms with van der Waals surface area (Å²) in [6.45, 7) is 3.07. The quantitative estimate of drug-likeness (QED) is 0.587. The number of carboxylic acids is 1. The summed E-state index contributed by atoms with van der Waals surface area (Å²) < 4.78 is 10.7. The molecular weight excluding hydrogens is 364 g/mol. The Balaban J connectivity index is 1.81. The Bertz CT molecular complexity index is 693. The molecule has 8 heteroatoms. The van der Waals surface area contributed by atoms with Gasteiger partial charge in [-0.3, -0.25) is 14.4 Å². The molecule has 2 atom stereocenters. The van der Waals surface area contributed by atoms with Gasteiger partial charge in [-0.15, -0.1) is 0 Å². The first-order valence-electron chi connectivity index (χ1n) is 9.50. The fraction of sp³-hybridized carbons (Fsp3) is 0.550. The Morgan fingerprint density at radius 3 is 2.71 bits per heavy atom. The van der Waals surface area contributed by atoms with E-state index in [1.807, 2.05) is 6.92 Å². The van der Waals surface area contributed by atoms with E-state index in [0.717, 1.165) is 0 Å². The summed E-state index contributed by atoms with van der Waals surface area (Å²) in [7, 11) is 1.56. The summed E-state index contributed by atoms with van der Waals surface area (Å²) in [5.41, 5.74) is 0.458. The van der Waals surface area contributed by atoms with Gasteiger partial charge in [0.15, 0.2) is 0 Å². The molecule has 2 N–H and O–H groups in total. The average Bonchev–Trinajstić information content (AvgIpc) is 3.08. The van der Waals surface area contributed by atoms with E-state index >= 15 is 0 Å². The van der Waals surface area contributed by atoms with Crippen LogP contribution in [0.15, 0.2) is 24.3 Å². The number of benzene rings is 1. The highest BCUT2D eigenvalue weighted by Crippen LogP contribution is 2.24. The second-order valence-electron chi connectivity index (χ2n) is 6.68. The van der Waals surface area contributed by atoms with Crippen molar-refractivity contribution in [2.45, 2.75) is 44.8 Å². The number of hydrogen-bond donors (Lipinski definition) is 2. The molecule has 0 spiro atoms. The van der Waals surface area contributed by atoms with Gasteiger partial charge in [0.2, 0.25) is 5.91 Å². The van der Waals surface area contributed by atoms with Gasteiger partial charge in [-0.05, 0) is 31.9 Å². The Morgan fingerprint density at radius 2 is 2.04 bits per heavy atom. The van der Waals surface area contributed by atoms with Crippen LogP contribution in [0.1, 0.15) is 43.0 Å². The number of hydrogen-bond acceptors (Lipinski definition) is 5. The van der Waals surface area contributed by atoms with Gasteiger partial charge in [-0.1, -0.05) is 12.1 Å². The van der Waals surface area contributed by atoms with Crippen molar-refractivity contribution >= 4 is 17.8 Å². The van der Waals surface area contributed by atoms with Gasteiger partial charge in [0.25, 0.3) is 5.91 Å². The number of para-hydroxylation sites is 1. The highest BCUT2D eigenvalue weighted by molar-refractivity contribution is 5.96. The van der Waals surface area contributed by atoms with E-state index in [0.29, 0.717) is 43.9 Å². The molecule has 1 aromatic rings. The number of aliphatic carboxylic acids is 1. The fourth-order valence-electron chi connectivity index (χ4n) is 3.36. The van der Waals surface area contributed by atoms with Crippen molar-refractivity contribution in [3.63, 3.8) is 0 Å². The number of ether oxygens (including phenoxy) is 2. The fourth-order valence-corrected chi connectivity index (χ4v) is 3.36. The van der Waals surface area contributed by atoms with Crippen LogP contribution in [0.5, 0.6) is 5.75 Å². The molecule has 0 bridgehead atoms. The minimum atomic E-state index is -0.931. The molecule has 2 unspecified atom stereocenters. The monoisotopic (exact) mass is 392 g/mol. The van der Waals surface area contributed by atoms with Gasteiger partial charge in [0, 0.05) is 32.7 Å². The number of carbonyl (C=O) groups is 3. The zero-order valence-electron chi connectivity index (χ0n) is 16.3. The molecule has 2 amide bonds. The van der Waals surface area contributed by atoms with Crippen LogP contribution in [0.25, 0.3) is 0 Å². The van der Waals surface area contributed by atoms with Crippen LogP contribution in [0, 0.1) is 0 Å². The van der Waals surface area contributed by atoms with E-state index in [1.54, 1.807) is 36.3 Å². The van der Waals surface area contributed by atoms with Crippen molar-refractivity contribution in [3.05, 3.63) is 29.8 Å². The molecule has 1 aliphatic heterocycles. The molecule has 0 aromatic heterocycles. The number of likely N-dealkylation sites (tertiary alicyclic amines) is 1. The van der Waals surface area contributed by atoms with E-state index in [1.165, 1.54) is 0 Å². The van der Waals surface area contributed by atoms with E-state index in [4.69, 9.17) is 14.6 Å². The third-order valence-corrected chi connectivity index (χ3v) is 4.72. The number of carbonyl (C=O) groups excluding carboxylic acids is 2. The summed E-state index contributed by atoms with van der Waals surface area (Å²) in [5.74, 6) is -0.770. The Hall–Kier alpha value is -2.61. The van der Waals surface area contributed by atoms with Crippen molar-refractivity contribution in [2.24, 2.45) is 0 Å². The van der Waals surface area contributed by atoms with E-state index in [-0.39, 0.29) is 36.8 Å². The van der Waals surface area contributed by atoms with Crippen LogP contribution in [0.3, 0.4) is 0 Å². The second-order valence-corrected chi connectivity index (χ2v) is 6.68. The normalized spacial score (nSPS) is 18.7. The molecule has 1 saturated heterocycles. The van der Waals surface area contributed by atoms with Crippen molar-refractivity contribution in [1.29, 1.82) is 0 Å². The van der Waals surface area contributed by atoms with Crippen molar-refractivity contribution in [1.82, 2.24) is 10.2 Å². The summed E-state index contributed by atoms with van der Waals surface area (Å²) in [6.07, 6.45) is 1.01. The molecular formula is C20H28N2O6. The molecule has 8 nitrogen and oxygen atoms in total. The standard InChI is InChI=1S/C20H28N2O6/c1-3-28-17-8-5-4-7-16(17)20(26)21-10-6-9-18(23)22-13-15(27-2)11-14(22)12-19(24)25/h4-5,7-8,14-15H,3,6,9-13H2,1-2H3,(H,21,26)(H,24,25). The van der Waals surface area contributed by atoms with Gasteiger partial charge in [-0.2, -0.15) is 0 Å². The van der Waals surface area contributed by atoms with Crippen LogP contribution in [0.4, 0.5) is 0 Å². The molecule has 28 heavy (non-hydrogen) atoms. The predicted molar refractivity (Wildman–Crippen MR) is 102 cm³/mol. The molecule has 1 aliphatic rings. The lowest BCUT2D eigenvalue weighted by atomic mass is 10.1. The second kappa shape index (κ2) is 10.7. The largest absolute Gasteiger partial charge is 0.493 e. The van der Waals surface area contributed by atoms with Crippen LogP contribution >= 0.6 is 0 Å². The van der Waals surface area contributed by atoms with Crippen molar-refractivity contribution < 1.29 is 29.0 Å². The van der Waals surface area contributed by atoms with Gasteiger partial charge in [0.05, 0.1) is 24.7 Å². The number of amides is 2. The zero-order chi connectivity index (χ0) is 20.5. The molecule has 0 radical (unpaired) electrons. The lowest BCUT2D eigenvalue weighted by Gasteiger charge is -2.23. The van der Waals surface area contributed by atoms with Crippen LogP contribution in [0.2, 0.25) is 0 Å². The average molecular weight is 392 g/mol. The van der Waals surface area contributed by atoms with E-state index < -0.39 is 5.97 Å². The number of carboxylic acid groups (broad SMARTS) is 1. The first-order chi connectivity index (χ1) is 13.5. The lowest BCUT2D eigenvalue weighted by molar-refractivity contribution is -0.139. The minimum absolute atomic E-state index is 0.0868. The highest BCUT2D eigenvalue weighted by atomic mass is 16.5. The SMILES string of the molecule is CCOc1ccccc1C(=O)NCCCC(=O)N1CC(OC)CC1CC(=O)O. The van der Waals surface area contributed by atoms with E-state index in [9.17, 15) is 14.4 Å². The number of rotatable bonds is 10. The van der Waals surface area contributed by atoms with E-state index in [2.05, 4.69) is 5.32 Å². The number of methoxy groups -OCH3 is 1. The lowest BCUT2D eigenvalue weighted by Crippen LogP contribution is -2.37. The maximum atomic E-state index is 12.5. The molecule has 1 aromatic carbocycles. The van der Waals surface area contributed by atoms with Gasteiger partial charge < -0.3 is 24.8 Å². The number of nitrogens with one attached hydrogen (secondary N) is 1. The van der Waals surface area contributed by atoms with Gasteiger partial charge >= 0.3 is 5.97 Å². The summed E-state index contributed by atoms with van der Waals surface area (Å²) in [5, 5.41) is 11.8. The Kier molecular flexibility index (Phi) is 8.25. The third-order valence-electron chi connectivity index (χ3n) is 4.72. The third kappa shape index (κ3) is 5.95. The molecule has 154 valence electrons. The smallest absolute Gasteiger partial charge is 0.305 e. The number of nitrogens with zero attached hydrogens (tertiary/aromatic N) is 1. The maximum absolute atomic E-state index is 12.5. The first-order valence-corrected chi connectivity index (χ1v) is 9.50. The van der Waals surface area contributed by atoms with Crippen molar-refractivity contribution in [3.8, 4) is 5.75 Å². The summed E-state index contributed by atoms with van der Waals surface area (Å²) in [4.78, 5) is 37.4. The van der Waals surface area contributed by atoms with Crippen LogP contribution < -0.4 is 10.1 Å². The van der Waals surface area contributed by atoms with Crippen molar-refractivity contribution in [2.75, 3.05) is 26.8 Å². The molecule has 0 saturated carbocycles. The molecule has 0 aliphatic carbocycles. The van der Waals surface area contributed by atoms with Crippen LogP contribution in [-0.4, -0.2) is 66.7 Å². The molecule has 2 rings (SSSR count). The predicted octanol–water partition coefficient (Wildman–Crippen LogP) is 1.69. The van der Waals surface area contributed by atoms with Gasteiger partial charge in [-0.25, -0.2) is 0 Å². The topological polar surface area (TPSA) is 105 Å². The first kappa shape index (κ1) is 21.7. The minimum Gasteiger partial charge on any atom is -0.493 e. The maximum Gasteiger partial charge on any atom is 0.305 e. The van der Waals surface area contributed by atoms with Crippen LogP contribution in [-0.2, 0) is 14.3 Å². The molecule has 1 fully saturated rings. The molecule has 1 heterocycles. The summed E-state index contributed by atoms with van der Waals surface area (Å²) >= 11 is 0. The van der Waals surface area contributed by atoms with Gasteiger partial charge in [0.1, 0.15) is 5.75 Å².